The molecule has 0 saturated carbocycles. The van der Waals surface area contributed by atoms with Gasteiger partial charge in [-0.2, -0.15) is 0 Å². The van der Waals surface area contributed by atoms with Gasteiger partial charge in [0.15, 0.2) is 17.5 Å². The smallest absolute Gasteiger partial charge is 0.227 e. The first-order chi connectivity index (χ1) is 10.3. The van der Waals surface area contributed by atoms with Crippen LogP contribution in [0.25, 0.3) is 0 Å². The van der Waals surface area contributed by atoms with Gasteiger partial charge in [0, 0.05) is 17.8 Å². The van der Waals surface area contributed by atoms with Crippen molar-refractivity contribution in [3.05, 3.63) is 65.5 Å². The fraction of sp³-hybridized carbons (Fsp3) is 0.188. The molecule has 0 heterocycles. The highest BCUT2D eigenvalue weighted by Gasteiger charge is 2.26. The van der Waals surface area contributed by atoms with Crippen LogP contribution in [0.3, 0.4) is 0 Å². The zero-order valence-corrected chi connectivity index (χ0v) is 11.7. The Morgan fingerprint density at radius 2 is 1.68 bits per heavy atom. The third-order valence-corrected chi connectivity index (χ3v) is 3.17. The lowest BCUT2D eigenvalue weighted by Gasteiger charge is -2.23. The highest BCUT2D eigenvalue weighted by atomic mass is 19.2. The van der Waals surface area contributed by atoms with E-state index in [4.69, 9.17) is 0 Å². The van der Waals surface area contributed by atoms with Gasteiger partial charge in [0.2, 0.25) is 5.91 Å². The highest BCUT2D eigenvalue weighted by molar-refractivity contribution is 5.91. The number of hydrogen-bond donors (Lipinski definition) is 2. The zero-order valence-electron chi connectivity index (χ0n) is 11.7. The Hall–Kier alpha value is -2.34. The van der Waals surface area contributed by atoms with Crippen molar-refractivity contribution in [1.82, 2.24) is 0 Å². The predicted octanol–water partition coefficient (Wildman–Crippen LogP) is 3.34. The number of aliphatic hydroxyl groups is 1. The molecular weight excluding hydrogens is 295 g/mol. The van der Waals surface area contributed by atoms with Crippen molar-refractivity contribution in [2.24, 2.45) is 0 Å². The maximum absolute atomic E-state index is 13.1. The van der Waals surface area contributed by atoms with Crippen LogP contribution in [0.15, 0.2) is 42.5 Å². The Morgan fingerprint density at radius 3 is 2.23 bits per heavy atom. The minimum atomic E-state index is -1.60. The second kappa shape index (κ2) is 6.19. The summed E-state index contributed by atoms with van der Waals surface area (Å²) in [5, 5.41) is 12.5. The number of hydrogen-bond acceptors (Lipinski definition) is 2. The minimum Gasteiger partial charge on any atom is -0.385 e. The molecule has 2 N–H and O–H groups in total. The van der Waals surface area contributed by atoms with Gasteiger partial charge >= 0.3 is 0 Å². The van der Waals surface area contributed by atoms with Gasteiger partial charge in [0.05, 0.1) is 12.0 Å². The number of halogens is 3. The lowest BCUT2D eigenvalue weighted by molar-refractivity contribution is -0.120. The number of rotatable bonds is 4. The molecule has 1 amide bonds. The summed E-state index contributed by atoms with van der Waals surface area (Å²) in [5.41, 5.74) is -1.13. The van der Waals surface area contributed by atoms with Gasteiger partial charge in [0.1, 0.15) is 0 Å². The standard InChI is InChI=1S/C16H14F3NO2/c1-16(22,10-5-3-2-4-6-10)9-14(21)20-11-7-12(17)15(19)13(18)8-11/h2-8,22H,9H2,1H3,(H,20,21). The molecule has 0 radical (unpaired) electrons. The molecule has 3 nitrogen and oxygen atoms in total. The average Bonchev–Trinajstić information content (AvgIpc) is 2.45. The monoisotopic (exact) mass is 309 g/mol. The number of anilines is 1. The molecule has 0 aliphatic rings. The molecule has 0 saturated heterocycles. The topological polar surface area (TPSA) is 49.3 Å². The van der Waals surface area contributed by atoms with Crippen molar-refractivity contribution in [3.8, 4) is 0 Å². The first kappa shape index (κ1) is 16.0. The van der Waals surface area contributed by atoms with Crippen molar-refractivity contribution in [2.75, 3.05) is 5.32 Å². The Kier molecular flexibility index (Phi) is 4.51. The first-order valence-electron chi connectivity index (χ1n) is 6.52. The van der Waals surface area contributed by atoms with E-state index in [1.54, 1.807) is 30.3 Å². The van der Waals surface area contributed by atoms with Gasteiger partial charge in [-0.15, -0.1) is 0 Å². The number of amides is 1. The van der Waals surface area contributed by atoms with Gasteiger partial charge in [0.25, 0.3) is 0 Å². The van der Waals surface area contributed by atoms with Crippen molar-refractivity contribution in [1.29, 1.82) is 0 Å². The third-order valence-electron chi connectivity index (χ3n) is 3.17. The van der Waals surface area contributed by atoms with Crippen LogP contribution in [-0.2, 0) is 10.4 Å². The van der Waals surface area contributed by atoms with Crippen LogP contribution < -0.4 is 5.32 Å². The summed E-state index contributed by atoms with van der Waals surface area (Å²) in [7, 11) is 0. The summed E-state index contributed by atoms with van der Waals surface area (Å²) in [4.78, 5) is 11.9. The summed E-state index contributed by atoms with van der Waals surface area (Å²) >= 11 is 0. The second-order valence-corrected chi connectivity index (χ2v) is 5.12. The Balaban J connectivity index is 2.10. The van der Waals surface area contributed by atoms with E-state index in [0.717, 1.165) is 0 Å². The summed E-state index contributed by atoms with van der Waals surface area (Å²) in [6.07, 6.45) is -0.322. The third kappa shape index (κ3) is 3.65. The van der Waals surface area contributed by atoms with Crippen molar-refractivity contribution < 1.29 is 23.1 Å². The molecule has 0 aliphatic heterocycles. The Labute approximate surface area is 125 Å². The molecule has 0 spiro atoms. The molecule has 0 aromatic heterocycles. The molecule has 0 bridgehead atoms. The van der Waals surface area contributed by atoms with E-state index < -0.39 is 29.0 Å². The summed E-state index contributed by atoms with van der Waals surface area (Å²) in [6.45, 7) is 1.45. The van der Waals surface area contributed by atoms with E-state index in [9.17, 15) is 23.1 Å². The number of nitrogens with one attached hydrogen (secondary N) is 1. The van der Waals surface area contributed by atoms with Crippen molar-refractivity contribution in [2.45, 2.75) is 18.9 Å². The van der Waals surface area contributed by atoms with Gasteiger partial charge in [-0.25, -0.2) is 13.2 Å². The van der Waals surface area contributed by atoms with E-state index in [1.165, 1.54) is 6.92 Å². The molecule has 0 aliphatic carbocycles. The minimum absolute atomic E-state index is 0.217. The molecule has 2 rings (SSSR count). The molecule has 1 unspecified atom stereocenters. The first-order valence-corrected chi connectivity index (χ1v) is 6.52. The normalized spacial score (nSPS) is 13.5. The summed E-state index contributed by atoms with van der Waals surface area (Å²) in [6, 6.07) is 9.86. The number of carbonyl (C=O) groups excluding carboxylic acids is 1. The molecule has 6 heteroatoms. The molecule has 2 aromatic rings. The lowest BCUT2D eigenvalue weighted by Crippen LogP contribution is -2.28. The lowest BCUT2D eigenvalue weighted by atomic mass is 9.92. The van der Waals surface area contributed by atoms with Gasteiger partial charge in [-0.3, -0.25) is 4.79 Å². The average molecular weight is 309 g/mol. The number of carbonyl (C=O) groups is 1. The van der Waals surface area contributed by atoms with Crippen molar-refractivity contribution >= 4 is 11.6 Å². The van der Waals surface area contributed by atoms with Crippen LogP contribution in [0.4, 0.5) is 18.9 Å². The number of benzene rings is 2. The van der Waals surface area contributed by atoms with Crippen LogP contribution in [0, 0.1) is 17.5 Å². The maximum atomic E-state index is 13.1. The van der Waals surface area contributed by atoms with E-state index >= 15 is 0 Å². The van der Waals surface area contributed by atoms with Crippen molar-refractivity contribution in [3.63, 3.8) is 0 Å². The summed E-state index contributed by atoms with van der Waals surface area (Å²) in [5.74, 6) is -5.05. The van der Waals surface area contributed by atoms with Gasteiger partial charge in [-0.05, 0) is 12.5 Å². The van der Waals surface area contributed by atoms with Crippen LogP contribution in [0.2, 0.25) is 0 Å². The predicted molar refractivity (Wildman–Crippen MR) is 75.6 cm³/mol. The second-order valence-electron chi connectivity index (χ2n) is 5.12. The summed E-state index contributed by atoms with van der Waals surface area (Å²) < 4.78 is 39.0. The van der Waals surface area contributed by atoms with Crippen LogP contribution in [0.1, 0.15) is 18.9 Å². The van der Waals surface area contributed by atoms with Gasteiger partial charge < -0.3 is 10.4 Å². The van der Waals surface area contributed by atoms with Crippen LogP contribution in [0.5, 0.6) is 0 Å². The SMILES string of the molecule is CC(O)(CC(=O)Nc1cc(F)c(F)c(F)c1)c1ccccc1. The maximum Gasteiger partial charge on any atom is 0.227 e. The molecule has 2 aromatic carbocycles. The quantitative estimate of drug-likeness (QED) is 0.851. The van der Waals surface area contributed by atoms with Crippen LogP contribution >= 0.6 is 0 Å². The fourth-order valence-electron chi connectivity index (χ4n) is 2.04. The Bertz CT molecular complexity index is 664. The van der Waals surface area contributed by atoms with E-state index in [2.05, 4.69) is 5.32 Å². The largest absolute Gasteiger partial charge is 0.385 e. The molecule has 22 heavy (non-hydrogen) atoms. The molecule has 0 fully saturated rings. The Morgan fingerprint density at radius 1 is 1.14 bits per heavy atom. The van der Waals surface area contributed by atoms with Gasteiger partial charge in [-0.1, -0.05) is 30.3 Å². The highest BCUT2D eigenvalue weighted by Crippen LogP contribution is 2.25. The zero-order chi connectivity index (χ0) is 16.3. The van der Waals surface area contributed by atoms with E-state index in [1.807, 2.05) is 0 Å². The molecular formula is C16H14F3NO2. The van der Waals surface area contributed by atoms with E-state index in [0.29, 0.717) is 17.7 Å². The fourth-order valence-corrected chi connectivity index (χ4v) is 2.04. The molecule has 1 atom stereocenters. The van der Waals surface area contributed by atoms with Crippen LogP contribution in [-0.4, -0.2) is 11.0 Å². The van der Waals surface area contributed by atoms with E-state index in [-0.39, 0.29) is 12.1 Å². The molecule has 116 valence electrons.